The van der Waals surface area contributed by atoms with Crippen molar-refractivity contribution in [1.82, 2.24) is 9.78 Å². The van der Waals surface area contributed by atoms with E-state index >= 15 is 0 Å². The molecule has 1 aliphatic rings. The Kier molecular flexibility index (Phi) is 2.41. The number of aryl methyl sites for hydroxylation is 1. The van der Waals surface area contributed by atoms with Gasteiger partial charge in [-0.1, -0.05) is 0 Å². The predicted octanol–water partition coefficient (Wildman–Crippen LogP) is -0.433. The van der Waals surface area contributed by atoms with Gasteiger partial charge >= 0.3 is 0 Å². The molecule has 1 unspecified atom stereocenters. The molecule has 86 valence electrons. The normalized spacial score (nSPS) is 20.5. The van der Waals surface area contributed by atoms with Crippen LogP contribution in [0.25, 0.3) is 0 Å². The van der Waals surface area contributed by atoms with Gasteiger partial charge in [-0.3, -0.25) is 14.3 Å². The van der Waals surface area contributed by atoms with Crippen LogP contribution in [-0.2, 0) is 16.6 Å². The number of rotatable bonds is 2. The Bertz CT molecular complexity index is 452. The van der Waals surface area contributed by atoms with Crippen LogP contribution in [0.15, 0.2) is 6.20 Å². The summed E-state index contributed by atoms with van der Waals surface area (Å²) in [4.78, 5) is 24.3. The van der Waals surface area contributed by atoms with Crippen LogP contribution in [0.4, 0.5) is 5.69 Å². The second kappa shape index (κ2) is 3.62. The van der Waals surface area contributed by atoms with Gasteiger partial charge in [0.2, 0.25) is 11.8 Å². The molecule has 0 spiro atoms. The van der Waals surface area contributed by atoms with Gasteiger partial charge < -0.3 is 10.6 Å². The Morgan fingerprint density at radius 1 is 1.62 bits per heavy atom. The lowest BCUT2D eigenvalue weighted by Crippen LogP contribution is -2.28. The summed E-state index contributed by atoms with van der Waals surface area (Å²) in [7, 11) is 1.81. The summed E-state index contributed by atoms with van der Waals surface area (Å²) < 4.78 is 1.69. The van der Waals surface area contributed by atoms with E-state index in [1.54, 1.807) is 15.8 Å². The summed E-state index contributed by atoms with van der Waals surface area (Å²) in [5.74, 6) is -0.871. The van der Waals surface area contributed by atoms with Gasteiger partial charge in [-0.05, 0) is 6.92 Å². The largest absolute Gasteiger partial charge is 0.369 e. The third-order valence-electron chi connectivity index (χ3n) is 3.03. The molecular weight excluding hydrogens is 208 g/mol. The number of hydrogen-bond donors (Lipinski definition) is 1. The Hall–Kier alpha value is -1.85. The van der Waals surface area contributed by atoms with Crippen molar-refractivity contribution >= 4 is 17.5 Å². The number of hydrogen-bond acceptors (Lipinski definition) is 3. The van der Waals surface area contributed by atoms with Crippen LogP contribution in [0.1, 0.15) is 12.1 Å². The smallest absolute Gasteiger partial charge is 0.227 e. The third-order valence-corrected chi connectivity index (χ3v) is 3.03. The maximum absolute atomic E-state index is 11.7. The molecule has 6 nitrogen and oxygen atoms in total. The first-order valence-electron chi connectivity index (χ1n) is 5.09. The van der Waals surface area contributed by atoms with Crippen molar-refractivity contribution in [3.8, 4) is 0 Å². The molecule has 1 saturated heterocycles. The highest BCUT2D eigenvalue weighted by Crippen LogP contribution is 2.26. The number of anilines is 1. The first-order chi connectivity index (χ1) is 7.50. The standard InChI is InChI=1S/C10H14N4O2/c1-6-8(4-12-13(6)2)14-5-7(10(11)16)3-9(14)15/h4,7H,3,5H2,1-2H3,(H2,11,16). The SMILES string of the molecule is Cc1c(N2CC(C(N)=O)CC2=O)cnn1C. The van der Waals surface area contributed by atoms with Gasteiger partial charge in [-0.15, -0.1) is 0 Å². The molecule has 1 atom stereocenters. The molecule has 2 N–H and O–H groups in total. The number of nitrogens with zero attached hydrogens (tertiary/aromatic N) is 3. The van der Waals surface area contributed by atoms with Crippen molar-refractivity contribution in [2.45, 2.75) is 13.3 Å². The molecule has 0 aromatic carbocycles. The Balaban J connectivity index is 2.26. The highest BCUT2D eigenvalue weighted by atomic mass is 16.2. The van der Waals surface area contributed by atoms with Crippen LogP contribution in [0.3, 0.4) is 0 Å². The second-order valence-electron chi connectivity index (χ2n) is 4.05. The Morgan fingerprint density at radius 2 is 2.31 bits per heavy atom. The molecule has 0 aliphatic carbocycles. The number of nitrogens with two attached hydrogens (primary N) is 1. The molecule has 2 heterocycles. The first-order valence-corrected chi connectivity index (χ1v) is 5.09. The fourth-order valence-corrected chi connectivity index (χ4v) is 1.88. The maximum atomic E-state index is 11.7. The lowest BCUT2D eigenvalue weighted by Gasteiger charge is -2.15. The van der Waals surface area contributed by atoms with Gasteiger partial charge in [-0.2, -0.15) is 5.10 Å². The fourth-order valence-electron chi connectivity index (χ4n) is 1.88. The fraction of sp³-hybridized carbons (Fsp3) is 0.500. The Labute approximate surface area is 93.0 Å². The molecule has 1 aromatic rings. The van der Waals surface area contributed by atoms with Gasteiger partial charge in [-0.25, -0.2) is 0 Å². The minimum Gasteiger partial charge on any atom is -0.369 e. The first kappa shape index (κ1) is 10.7. The zero-order chi connectivity index (χ0) is 11.9. The molecule has 1 aliphatic heterocycles. The van der Waals surface area contributed by atoms with Crippen LogP contribution >= 0.6 is 0 Å². The molecule has 0 bridgehead atoms. The lowest BCUT2D eigenvalue weighted by molar-refractivity contribution is -0.123. The predicted molar refractivity (Wildman–Crippen MR) is 57.6 cm³/mol. The molecule has 6 heteroatoms. The quantitative estimate of drug-likeness (QED) is 0.737. The van der Waals surface area contributed by atoms with E-state index in [-0.39, 0.29) is 18.2 Å². The van der Waals surface area contributed by atoms with Gasteiger partial charge in [0.05, 0.1) is 23.5 Å². The minimum absolute atomic E-state index is 0.0695. The van der Waals surface area contributed by atoms with Gasteiger partial charge in [0, 0.05) is 20.0 Å². The summed E-state index contributed by atoms with van der Waals surface area (Å²) in [5.41, 5.74) is 6.87. The van der Waals surface area contributed by atoms with Crippen molar-refractivity contribution in [1.29, 1.82) is 0 Å². The van der Waals surface area contributed by atoms with Crippen molar-refractivity contribution in [3.63, 3.8) is 0 Å². The average Bonchev–Trinajstić information content (AvgIpc) is 2.73. The summed E-state index contributed by atoms with van der Waals surface area (Å²) in [5, 5.41) is 4.07. The van der Waals surface area contributed by atoms with Crippen LogP contribution in [0, 0.1) is 12.8 Å². The molecule has 1 fully saturated rings. The second-order valence-corrected chi connectivity index (χ2v) is 4.05. The molecule has 16 heavy (non-hydrogen) atoms. The number of carbonyl (C=O) groups is 2. The monoisotopic (exact) mass is 222 g/mol. The van der Waals surface area contributed by atoms with Crippen molar-refractivity contribution in [2.24, 2.45) is 18.7 Å². The van der Waals surface area contributed by atoms with E-state index in [1.165, 1.54) is 0 Å². The van der Waals surface area contributed by atoms with E-state index in [9.17, 15) is 9.59 Å². The summed E-state index contributed by atoms with van der Waals surface area (Å²) in [6.45, 7) is 2.24. The van der Waals surface area contributed by atoms with E-state index in [0.29, 0.717) is 6.54 Å². The zero-order valence-electron chi connectivity index (χ0n) is 9.30. The minimum atomic E-state index is -0.419. The van der Waals surface area contributed by atoms with E-state index < -0.39 is 5.91 Å². The van der Waals surface area contributed by atoms with Gasteiger partial charge in [0.25, 0.3) is 0 Å². The summed E-state index contributed by atoms with van der Waals surface area (Å²) in [6.07, 6.45) is 1.83. The van der Waals surface area contributed by atoms with Crippen molar-refractivity contribution < 1.29 is 9.59 Å². The summed E-state index contributed by atoms with van der Waals surface area (Å²) in [6, 6.07) is 0. The lowest BCUT2D eigenvalue weighted by atomic mass is 10.1. The maximum Gasteiger partial charge on any atom is 0.227 e. The molecule has 2 amide bonds. The zero-order valence-corrected chi connectivity index (χ0v) is 9.30. The van der Waals surface area contributed by atoms with Gasteiger partial charge in [0.15, 0.2) is 0 Å². The van der Waals surface area contributed by atoms with E-state index in [2.05, 4.69) is 5.10 Å². The van der Waals surface area contributed by atoms with Crippen molar-refractivity contribution in [3.05, 3.63) is 11.9 Å². The van der Waals surface area contributed by atoms with E-state index in [1.807, 2.05) is 14.0 Å². The molecular formula is C10H14N4O2. The van der Waals surface area contributed by atoms with E-state index in [0.717, 1.165) is 11.4 Å². The Morgan fingerprint density at radius 3 is 2.75 bits per heavy atom. The van der Waals surface area contributed by atoms with E-state index in [4.69, 9.17) is 5.73 Å². The molecule has 2 rings (SSSR count). The number of aromatic nitrogens is 2. The third kappa shape index (κ3) is 1.56. The highest BCUT2D eigenvalue weighted by Gasteiger charge is 2.35. The van der Waals surface area contributed by atoms with Crippen LogP contribution < -0.4 is 10.6 Å². The van der Waals surface area contributed by atoms with Gasteiger partial charge in [0.1, 0.15) is 0 Å². The average molecular weight is 222 g/mol. The molecule has 0 saturated carbocycles. The molecule has 1 aromatic heterocycles. The topological polar surface area (TPSA) is 81.2 Å². The highest BCUT2D eigenvalue weighted by molar-refractivity contribution is 6.00. The van der Waals surface area contributed by atoms with Crippen LogP contribution in [0.2, 0.25) is 0 Å². The molecule has 0 radical (unpaired) electrons. The van der Waals surface area contributed by atoms with Crippen LogP contribution in [0.5, 0.6) is 0 Å². The number of amides is 2. The summed E-state index contributed by atoms with van der Waals surface area (Å²) >= 11 is 0. The number of primary amides is 1. The van der Waals surface area contributed by atoms with Crippen LogP contribution in [-0.4, -0.2) is 28.1 Å². The van der Waals surface area contributed by atoms with Crippen molar-refractivity contribution in [2.75, 3.05) is 11.4 Å². The number of carbonyl (C=O) groups excluding carboxylic acids is 2.